The zero-order valence-corrected chi connectivity index (χ0v) is 16.4. The Kier molecular flexibility index (Phi) is 6.12. The van der Waals surface area contributed by atoms with E-state index in [4.69, 9.17) is 0 Å². The van der Waals surface area contributed by atoms with E-state index in [1.807, 2.05) is 0 Å². The first kappa shape index (κ1) is 16.8. The van der Waals surface area contributed by atoms with E-state index in [2.05, 4.69) is 79.4 Å². The third kappa shape index (κ3) is 4.01. The van der Waals surface area contributed by atoms with Gasteiger partial charge in [-0.15, -0.1) is 70.7 Å². The molecule has 0 fully saturated rings. The molecule has 0 aromatic heterocycles. The van der Waals surface area contributed by atoms with Crippen LogP contribution in [-0.4, -0.2) is 13.3 Å². The van der Waals surface area contributed by atoms with Gasteiger partial charge >= 0.3 is 26.2 Å². The zero-order valence-electron chi connectivity index (χ0n) is 12.2. The fourth-order valence-electron chi connectivity index (χ4n) is 2.24. The minimum absolute atomic E-state index is 0. The van der Waals surface area contributed by atoms with Gasteiger partial charge < -0.3 is 0 Å². The van der Waals surface area contributed by atoms with E-state index in [0.29, 0.717) is 0 Å². The van der Waals surface area contributed by atoms with Gasteiger partial charge in [-0.3, -0.25) is 11.3 Å². The van der Waals surface area contributed by atoms with Crippen LogP contribution in [0.25, 0.3) is 21.2 Å². The van der Waals surface area contributed by atoms with Crippen LogP contribution in [0.2, 0.25) is 0 Å². The molecule has 0 nitrogen and oxygen atoms in total. The molecular formula is C18H17PSZr. The van der Waals surface area contributed by atoms with Crippen LogP contribution < -0.4 is 5.30 Å². The summed E-state index contributed by atoms with van der Waals surface area (Å²) in [5, 5.41) is 6.38. The van der Waals surface area contributed by atoms with Crippen molar-refractivity contribution >= 4 is 35.3 Å². The number of benzene rings is 1. The first-order valence-corrected chi connectivity index (χ1v) is 9.77. The molecule has 0 amide bonds. The van der Waals surface area contributed by atoms with E-state index in [-0.39, 0.29) is 34.1 Å². The van der Waals surface area contributed by atoms with Crippen molar-refractivity contribution in [3.63, 3.8) is 0 Å². The average Bonchev–Trinajstić information content (AvgIpc) is 3.14. The Balaban J connectivity index is 0.000000157. The van der Waals surface area contributed by atoms with Crippen molar-refractivity contribution in [2.75, 3.05) is 13.3 Å². The Morgan fingerprint density at radius 3 is 2.52 bits per heavy atom. The van der Waals surface area contributed by atoms with Crippen molar-refractivity contribution in [3.05, 3.63) is 66.0 Å². The maximum absolute atomic E-state index is 2.31. The predicted octanol–water partition coefficient (Wildman–Crippen LogP) is 5.49. The second kappa shape index (κ2) is 7.64. The monoisotopic (exact) mass is 386 g/mol. The Labute approximate surface area is 150 Å². The predicted molar refractivity (Wildman–Crippen MR) is 94.5 cm³/mol. The van der Waals surface area contributed by atoms with Crippen LogP contribution in [0.3, 0.4) is 0 Å². The molecule has 21 heavy (non-hydrogen) atoms. The van der Waals surface area contributed by atoms with Crippen LogP contribution in [-0.2, 0) is 26.2 Å². The molecule has 0 saturated heterocycles. The Morgan fingerprint density at radius 1 is 1.00 bits per heavy atom. The van der Waals surface area contributed by atoms with Gasteiger partial charge in [-0.1, -0.05) is 12.1 Å². The van der Waals surface area contributed by atoms with Crippen molar-refractivity contribution in [3.8, 4) is 10.4 Å². The third-order valence-electron chi connectivity index (χ3n) is 3.37. The van der Waals surface area contributed by atoms with Crippen molar-refractivity contribution in [1.82, 2.24) is 0 Å². The smallest absolute Gasteiger partial charge is 0.291 e. The molecule has 1 heterocycles. The summed E-state index contributed by atoms with van der Waals surface area (Å²) in [5.74, 6) is 0. The summed E-state index contributed by atoms with van der Waals surface area (Å²) < 4.78 is 0. The summed E-state index contributed by atoms with van der Waals surface area (Å²) in [6, 6.07) is 21.7. The van der Waals surface area contributed by atoms with Gasteiger partial charge in [-0.2, -0.15) is 17.7 Å². The molecule has 1 aliphatic carbocycles. The van der Waals surface area contributed by atoms with Gasteiger partial charge in [0.25, 0.3) is 0 Å². The molecule has 2 aromatic rings. The Hall–Kier alpha value is -0.547. The molecule has 0 N–H and O–H groups in total. The number of thiophene rings is 1. The van der Waals surface area contributed by atoms with Crippen molar-refractivity contribution < 1.29 is 26.2 Å². The van der Waals surface area contributed by atoms with Crippen LogP contribution in [0.1, 0.15) is 0 Å². The van der Waals surface area contributed by atoms with Crippen LogP contribution in [0, 0.1) is 0 Å². The molecule has 1 aliphatic heterocycles. The van der Waals surface area contributed by atoms with Crippen LogP contribution in [0.5, 0.6) is 0 Å². The van der Waals surface area contributed by atoms with Crippen molar-refractivity contribution in [2.45, 2.75) is 0 Å². The molecule has 0 saturated carbocycles. The normalized spacial score (nSPS) is 10.4. The van der Waals surface area contributed by atoms with E-state index >= 15 is 0 Å². The number of hydrogen-bond donors (Lipinski definition) is 0. The molecule has 3 heteroatoms. The minimum Gasteiger partial charge on any atom is -0.291 e. The van der Waals surface area contributed by atoms with Crippen LogP contribution in [0.15, 0.2) is 66.0 Å². The molecule has 0 spiro atoms. The molecule has 2 aromatic carbocycles. The van der Waals surface area contributed by atoms with Gasteiger partial charge in [-0.05, 0) is 13.3 Å². The van der Waals surface area contributed by atoms with Gasteiger partial charge in [0.15, 0.2) is 0 Å². The molecule has 0 atom stereocenters. The second-order valence-corrected chi connectivity index (χ2v) is 8.26. The van der Waals surface area contributed by atoms with Gasteiger partial charge in [0, 0.05) is 0 Å². The first-order chi connectivity index (χ1) is 9.74. The van der Waals surface area contributed by atoms with E-state index < -0.39 is 0 Å². The molecule has 0 unspecified atom stereocenters. The fraction of sp³-hybridized carbons (Fsp3) is 0.111. The molecular weight excluding hydrogens is 370 g/mol. The van der Waals surface area contributed by atoms with Crippen LogP contribution in [0.4, 0.5) is 0 Å². The SMILES string of the molecule is CP(C)c1cc2ccccc2[cH-]1.[Zr+2].c1cc2c[cH-]sc-2c1. The van der Waals surface area contributed by atoms with E-state index in [1.165, 1.54) is 26.5 Å². The molecule has 2 aliphatic rings. The summed E-state index contributed by atoms with van der Waals surface area (Å²) >= 11 is 1.79. The van der Waals surface area contributed by atoms with E-state index in [1.54, 1.807) is 11.3 Å². The summed E-state index contributed by atoms with van der Waals surface area (Å²) in [6.45, 7) is 4.59. The Bertz CT molecular complexity index is 684. The maximum Gasteiger partial charge on any atom is 2.00 e. The first-order valence-electron chi connectivity index (χ1n) is 6.66. The summed E-state index contributed by atoms with van der Waals surface area (Å²) in [7, 11) is 0.0576. The molecule has 104 valence electrons. The van der Waals surface area contributed by atoms with Gasteiger partial charge in [-0.25, -0.2) is 0 Å². The van der Waals surface area contributed by atoms with Gasteiger partial charge in [0.1, 0.15) is 0 Å². The largest absolute Gasteiger partial charge is 2.00 e. The summed E-state index contributed by atoms with van der Waals surface area (Å²) in [4.78, 5) is 1.39. The standard InChI is InChI=1S/C11H12P.C7H5S.Zr/c1-12(2)11-7-9-5-3-4-6-10(9)8-11;1-2-6-4-5-8-7(6)3-1;/h3-8H,1-2H3;1-5H;/q2*-1;+2. The zero-order chi connectivity index (χ0) is 13.9. The molecule has 0 bridgehead atoms. The topological polar surface area (TPSA) is 0 Å². The Morgan fingerprint density at radius 2 is 1.81 bits per heavy atom. The second-order valence-electron chi connectivity index (χ2n) is 5.00. The molecule has 4 rings (SSSR count). The fourth-order valence-corrected chi connectivity index (χ4v) is 3.82. The molecule has 0 radical (unpaired) electrons. The van der Waals surface area contributed by atoms with Crippen LogP contribution >= 0.6 is 19.3 Å². The van der Waals surface area contributed by atoms with Crippen molar-refractivity contribution in [1.29, 1.82) is 0 Å². The quantitative estimate of drug-likeness (QED) is 0.299. The van der Waals surface area contributed by atoms with Gasteiger partial charge in [0.2, 0.25) is 0 Å². The minimum atomic E-state index is 0. The summed E-state index contributed by atoms with van der Waals surface area (Å²) in [6.07, 6.45) is 0. The number of hydrogen-bond acceptors (Lipinski definition) is 1. The summed E-state index contributed by atoms with van der Waals surface area (Å²) in [5.41, 5.74) is 1.37. The third-order valence-corrected chi connectivity index (χ3v) is 5.56. The average molecular weight is 388 g/mol. The van der Waals surface area contributed by atoms with Gasteiger partial charge in [0.05, 0.1) is 0 Å². The van der Waals surface area contributed by atoms with E-state index in [0.717, 1.165) is 0 Å². The number of rotatable bonds is 1. The van der Waals surface area contributed by atoms with Crippen molar-refractivity contribution in [2.24, 2.45) is 0 Å². The maximum atomic E-state index is 2.31. The number of fused-ring (bicyclic) bond motifs is 2. The van der Waals surface area contributed by atoms with E-state index in [9.17, 15) is 0 Å².